The van der Waals surface area contributed by atoms with Gasteiger partial charge >= 0.3 is 0 Å². The summed E-state index contributed by atoms with van der Waals surface area (Å²) in [6.45, 7) is 4.26. The van der Waals surface area contributed by atoms with Crippen LogP contribution in [0.15, 0.2) is 12.2 Å². The van der Waals surface area contributed by atoms with Crippen LogP contribution in [0.1, 0.15) is 290 Å². The molecule has 0 saturated heterocycles. The first-order valence-electron chi connectivity index (χ1n) is 26.0. The van der Waals surface area contributed by atoms with E-state index in [0.29, 0.717) is 12.8 Å². The Morgan fingerprint density at radius 1 is 0.404 bits per heavy atom. The Balaban J connectivity index is 3.54. The van der Waals surface area contributed by atoms with Gasteiger partial charge in [-0.3, -0.25) is 4.79 Å². The van der Waals surface area contributed by atoms with Crippen molar-refractivity contribution in [1.82, 2.24) is 5.32 Å². The lowest BCUT2D eigenvalue weighted by atomic mass is 10.0. The molecule has 0 bridgehead atoms. The lowest BCUT2D eigenvalue weighted by Gasteiger charge is -2.23. The maximum Gasteiger partial charge on any atom is 0.249 e. The van der Waals surface area contributed by atoms with Gasteiger partial charge in [-0.1, -0.05) is 264 Å². The number of aliphatic hydroxyl groups is 3. The molecule has 3 unspecified atom stereocenters. The quantitative estimate of drug-likeness (QED) is 0.0364. The molecule has 0 aliphatic carbocycles. The van der Waals surface area contributed by atoms with Gasteiger partial charge in [0.15, 0.2) is 0 Å². The molecule has 0 rings (SSSR count). The van der Waals surface area contributed by atoms with Gasteiger partial charge < -0.3 is 20.6 Å². The third kappa shape index (κ3) is 43.0. The highest BCUT2D eigenvalue weighted by molar-refractivity contribution is 5.80. The van der Waals surface area contributed by atoms with Crippen LogP contribution in [0.3, 0.4) is 0 Å². The molecule has 1 amide bonds. The topological polar surface area (TPSA) is 89.8 Å². The first-order valence-corrected chi connectivity index (χ1v) is 26.0. The van der Waals surface area contributed by atoms with Crippen molar-refractivity contribution in [2.24, 2.45) is 0 Å². The van der Waals surface area contributed by atoms with Crippen molar-refractivity contribution < 1.29 is 20.1 Å². The zero-order valence-electron chi connectivity index (χ0n) is 38.7. The minimum atomic E-state index is -1.07. The van der Waals surface area contributed by atoms with E-state index in [1.54, 1.807) is 0 Å². The predicted molar refractivity (Wildman–Crippen MR) is 250 cm³/mol. The summed E-state index contributed by atoms with van der Waals surface area (Å²) in [7, 11) is 0. The fourth-order valence-electron chi connectivity index (χ4n) is 8.31. The molecule has 0 heterocycles. The molecule has 340 valence electrons. The summed E-state index contributed by atoms with van der Waals surface area (Å²) in [6, 6.07) is -0.710. The van der Waals surface area contributed by atoms with Crippen LogP contribution in [-0.2, 0) is 4.79 Å². The minimum Gasteiger partial charge on any atom is -0.394 e. The minimum absolute atomic E-state index is 0.311. The lowest BCUT2D eigenvalue weighted by molar-refractivity contribution is -0.131. The zero-order valence-corrected chi connectivity index (χ0v) is 38.7. The van der Waals surface area contributed by atoms with Crippen LogP contribution in [-0.4, -0.2) is 46.1 Å². The van der Waals surface area contributed by atoms with Crippen molar-refractivity contribution in [1.29, 1.82) is 0 Å². The van der Waals surface area contributed by atoms with Gasteiger partial charge in [0, 0.05) is 0 Å². The van der Waals surface area contributed by atoms with E-state index in [9.17, 15) is 20.1 Å². The van der Waals surface area contributed by atoms with E-state index in [4.69, 9.17) is 0 Å². The number of unbranched alkanes of at least 4 members (excludes halogenated alkanes) is 38. The molecule has 5 nitrogen and oxygen atoms in total. The van der Waals surface area contributed by atoms with E-state index >= 15 is 0 Å². The van der Waals surface area contributed by atoms with E-state index in [1.807, 2.05) is 0 Å². The molecule has 3 atom stereocenters. The fraction of sp³-hybridized carbons (Fsp3) is 0.942. The molecule has 0 aliphatic heterocycles. The molecular weight excluding hydrogens is 703 g/mol. The normalized spacial score (nSPS) is 13.4. The van der Waals surface area contributed by atoms with Crippen molar-refractivity contribution in [3.63, 3.8) is 0 Å². The number of rotatable bonds is 48. The smallest absolute Gasteiger partial charge is 0.249 e. The molecule has 0 aromatic carbocycles. The molecule has 0 radical (unpaired) electrons. The van der Waals surface area contributed by atoms with Gasteiger partial charge in [0.25, 0.3) is 0 Å². The number of carbonyl (C=O) groups is 1. The van der Waals surface area contributed by atoms with Crippen LogP contribution in [0.5, 0.6) is 0 Å². The number of carbonyl (C=O) groups excluding carboxylic acids is 1. The third-order valence-corrected chi connectivity index (χ3v) is 12.4. The molecule has 0 spiro atoms. The van der Waals surface area contributed by atoms with E-state index in [-0.39, 0.29) is 6.61 Å². The van der Waals surface area contributed by atoms with Gasteiger partial charge in [0.1, 0.15) is 6.10 Å². The largest absolute Gasteiger partial charge is 0.394 e. The average Bonchev–Trinajstić information content (AvgIpc) is 3.22. The Hall–Kier alpha value is -0.910. The van der Waals surface area contributed by atoms with Crippen molar-refractivity contribution in [2.45, 2.75) is 308 Å². The highest BCUT2D eigenvalue weighted by Gasteiger charge is 2.23. The molecule has 0 aromatic rings. The summed E-state index contributed by atoms with van der Waals surface area (Å²) in [5.41, 5.74) is 0. The van der Waals surface area contributed by atoms with Gasteiger partial charge in [-0.05, 0) is 38.5 Å². The van der Waals surface area contributed by atoms with Crippen LogP contribution in [0, 0.1) is 0 Å². The number of hydrogen-bond donors (Lipinski definition) is 4. The van der Waals surface area contributed by atoms with Crippen LogP contribution in [0.25, 0.3) is 0 Å². The standard InChI is InChI=1S/C52H103NO4/c1-3-5-7-9-11-13-15-17-19-21-23-24-25-26-27-28-29-31-33-35-37-39-41-43-45-47-51(56)52(57)53-49(48-54)50(55)46-44-42-40-38-36-34-32-30-22-20-18-16-14-12-10-8-6-4-2/h26-27,49-51,54-56H,3-25,28-48H2,1-2H3,(H,53,57)/b27-26-. The third-order valence-electron chi connectivity index (χ3n) is 12.4. The molecule has 0 aromatic heterocycles. The number of allylic oxidation sites excluding steroid dienone is 2. The zero-order chi connectivity index (χ0) is 41.5. The Labute approximate surface area is 357 Å². The molecule has 57 heavy (non-hydrogen) atoms. The molecule has 5 heteroatoms. The molecule has 0 aliphatic rings. The highest BCUT2D eigenvalue weighted by atomic mass is 16.3. The summed E-state index contributed by atoms with van der Waals surface area (Å²) in [6.07, 6.45) is 58.1. The Morgan fingerprint density at radius 2 is 0.667 bits per heavy atom. The van der Waals surface area contributed by atoms with Gasteiger partial charge in [0.05, 0.1) is 18.8 Å². The second kappa shape index (κ2) is 47.8. The number of hydrogen-bond acceptors (Lipinski definition) is 4. The highest BCUT2D eigenvalue weighted by Crippen LogP contribution is 2.17. The van der Waals surface area contributed by atoms with Crippen LogP contribution in [0.4, 0.5) is 0 Å². The second-order valence-corrected chi connectivity index (χ2v) is 18.1. The van der Waals surface area contributed by atoms with E-state index in [0.717, 1.165) is 32.1 Å². The van der Waals surface area contributed by atoms with Crippen molar-refractivity contribution in [3.8, 4) is 0 Å². The number of aliphatic hydroxyl groups excluding tert-OH is 3. The summed E-state index contributed by atoms with van der Waals surface area (Å²) >= 11 is 0. The van der Waals surface area contributed by atoms with Crippen LogP contribution in [0.2, 0.25) is 0 Å². The monoisotopic (exact) mass is 806 g/mol. The van der Waals surface area contributed by atoms with Crippen LogP contribution >= 0.6 is 0 Å². The predicted octanol–water partition coefficient (Wildman–Crippen LogP) is 15.6. The fourth-order valence-corrected chi connectivity index (χ4v) is 8.31. The first-order chi connectivity index (χ1) is 28.1. The van der Waals surface area contributed by atoms with Crippen molar-refractivity contribution in [2.75, 3.05) is 6.61 Å². The van der Waals surface area contributed by atoms with Crippen molar-refractivity contribution >= 4 is 5.91 Å². The van der Waals surface area contributed by atoms with E-state index in [1.165, 1.54) is 231 Å². The number of amides is 1. The van der Waals surface area contributed by atoms with Gasteiger partial charge in [0.2, 0.25) is 5.91 Å². The molecule has 0 saturated carbocycles. The molecule has 4 N–H and O–H groups in total. The maximum absolute atomic E-state index is 12.5. The van der Waals surface area contributed by atoms with Gasteiger partial charge in [-0.25, -0.2) is 0 Å². The Bertz CT molecular complexity index is 803. The van der Waals surface area contributed by atoms with E-state index in [2.05, 4.69) is 31.3 Å². The first kappa shape index (κ1) is 56.1. The Morgan fingerprint density at radius 3 is 0.965 bits per heavy atom. The summed E-state index contributed by atoms with van der Waals surface area (Å²) in [5.74, 6) is -0.468. The SMILES string of the molecule is CCCCCCCCCCCCCC/C=C\CCCCCCCCCCCC(O)C(=O)NC(CO)C(O)CCCCCCCCCCCCCCCCCCCC. The average molecular weight is 806 g/mol. The van der Waals surface area contributed by atoms with E-state index < -0.39 is 24.2 Å². The summed E-state index contributed by atoms with van der Waals surface area (Å²) in [4.78, 5) is 12.5. The lowest BCUT2D eigenvalue weighted by Crippen LogP contribution is -2.49. The summed E-state index contributed by atoms with van der Waals surface area (Å²) < 4.78 is 0. The van der Waals surface area contributed by atoms with Crippen molar-refractivity contribution in [3.05, 3.63) is 12.2 Å². The van der Waals surface area contributed by atoms with Crippen LogP contribution < -0.4 is 5.32 Å². The maximum atomic E-state index is 12.5. The second-order valence-electron chi connectivity index (χ2n) is 18.1. The summed E-state index contributed by atoms with van der Waals surface area (Å²) in [5, 5.41) is 33.5. The molecule has 0 fully saturated rings. The Kier molecular flexibility index (Phi) is 47.0. The van der Waals surface area contributed by atoms with Gasteiger partial charge in [-0.2, -0.15) is 0 Å². The molecular formula is C52H103NO4. The number of nitrogens with one attached hydrogen (secondary N) is 1. The van der Waals surface area contributed by atoms with Gasteiger partial charge in [-0.15, -0.1) is 0 Å².